The molecule has 0 amide bonds. The van der Waals surface area contributed by atoms with Crippen molar-refractivity contribution in [2.45, 2.75) is 31.8 Å². The van der Waals surface area contributed by atoms with E-state index >= 15 is 0 Å². The van der Waals surface area contributed by atoms with Gasteiger partial charge in [-0.1, -0.05) is 0 Å². The van der Waals surface area contributed by atoms with Crippen molar-refractivity contribution in [2.75, 3.05) is 76.6 Å². The van der Waals surface area contributed by atoms with E-state index in [4.69, 9.17) is 29.0 Å². The average molecular weight is 705 g/mol. The van der Waals surface area contributed by atoms with Gasteiger partial charge in [0.1, 0.15) is 25.4 Å². The standard InChI is InChI=1S/C13H22N5O5P.C12H20N5O5P/c1-3-17(2)12-11-13(15-7-14-12)18(8-16-11)10(6-19)4-5-23-9-24(20,21)22;1-16(2)11-10-12(14-6-13-11)17(7-15-10)9(5-18)3-4-22-8-23(19,20)21/h7-8,10,19H,3-6,9H2,1-2H3,(H2,20,21,22);6-7,9,18H,3-5,8H2,1-2H3,(H2,19,20,21). The zero-order valence-electron chi connectivity index (χ0n) is 26.5. The fraction of sp³-hybridized carbons (Fsp3) is 0.600. The van der Waals surface area contributed by atoms with E-state index in [1.807, 2.05) is 37.9 Å². The summed E-state index contributed by atoms with van der Waals surface area (Å²) in [6.07, 6.45) is 5.47. The molecule has 4 heterocycles. The highest BCUT2D eigenvalue weighted by atomic mass is 31.2. The van der Waals surface area contributed by atoms with Crippen LogP contribution in [0.15, 0.2) is 25.3 Å². The van der Waals surface area contributed by atoms with Crippen molar-refractivity contribution in [2.24, 2.45) is 0 Å². The van der Waals surface area contributed by atoms with Crippen LogP contribution in [0.25, 0.3) is 22.3 Å². The van der Waals surface area contributed by atoms with Crippen LogP contribution >= 0.6 is 15.2 Å². The molecule has 47 heavy (non-hydrogen) atoms. The summed E-state index contributed by atoms with van der Waals surface area (Å²) < 4.78 is 34.9. The third-order valence-corrected chi connectivity index (χ3v) is 7.89. The number of rotatable bonds is 17. The molecule has 262 valence electrons. The van der Waals surface area contributed by atoms with Crippen LogP contribution in [0.5, 0.6) is 0 Å². The largest absolute Gasteiger partial charge is 0.394 e. The Labute approximate surface area is 270 Å². The Bertz CT molecular complexity index is 1660. The first-order valence-corrected chi connectivity index (χ1v) is 18.0. The van der Waals surface area contributed by atoms with Crippen molar-refractivity contribution in [1.82, 2.24) is 39.0 Å². The predicted octanol–water partition coefficient (Wildman–Crippen LogP) is 0.325. The monoisotopic (exact) mass is 704 g/mol. The number of imidazole rings is 2. The topological polar surface area (TPSA) is 268 Å². The lowest BCUT2D eigenvalue weighted by molar-refractivity contribution is 0.127. The molecule has 0 saturated heterocycles. The summed E-state index contributed by atoms with van der Waals surface area (Å²) in [4.78, 5) is 64.3. The second-order valence-corrected chi connectivity index (χ2v) is 13.8. The Balaban J connectivity index is 0.000000256. The first-order valence-electron chi connectivity index (χ1n) is 14.4. The molecule has 6 N–H and O–H groups in total. The maximum atomic E-state index is 10.8. The van der Waals surface area contributed by atoms with Crippen molar-refractivity contribution in [3.8, 4) is 0 Å². The summed E-state index contributed by atoms with van der Waals surface area (Å²) >= 11 is 0. The smallest absolute Gasteiger partial charge is 0.350 e. The number of aromatic nitrogens is 8. The second kappa shape index (κ2) is 17.3. The van der Waals surface area contributed by atoms with Crippen molar-refractivity contribution < 1.29 is 48.4 Å². The minimum atomic E-state index is -4.18. The first kappa shape index (κ1) is 38.3. The number of nitrogens with zero attached hydrogens (tertiary/aromatic N) is 10. The fourth-order valence-corrected chi connectivity index (χ4v) is 5.15. The van der Waals surface area contributed by atoms with E-state index in [0.717, 1.165) is 6.54 Å². The normalized spacial score (nSPS) is 13.4. The molecule has 22 heteroatoms. The van der Waals surface area contributed by atoms with Gasteiger partial charge in [0, 0.05) is 40.9 Å². The first-order chi connectivity index (χ1) is 22.2. The summed E-state index contributed by atoms with van der Waals surface area (Å²) in [6, 6.07) is -0.719. The van der Waals surface area contributed by atoms with Crippen LogP contribution in [0.4, 0.5) is 11.6 Å². The Morgan fingerprint density at radius 3 is 1.53 bits per heavy atom. The number of ether oxygens (including phenoxy) is 2. The molecule has 0 aliphatic rings. The van der Waals surface area contributed by atoms with Gasteiger partial charge in [-0.05, 0) is 19.8 Å². The summed E-state index contributed by atoms with van der Waals surface area (Å²) in [5.41, 5.74) is 2.43. The molecule has 4 aromatic rings. The summed E-state index contributed by atoms with van der Waals surface area (Å²) in [5, 5.41) is 19.2. The van der Waals surface area contributed by atoms with Gasteiger partial charge >= 0.3 is 15.2 Å². The van der Waals surface area contributed by atoms with Gasteiger partial charge in [-0.25, -0.2) is 29.9 Å². The van der Waals surface area contributed by atoms with E-state index in [1.165, 1.54) is 12.7 Å². The summed E-state index contributed by atoms with van der Waals surface area (Å²) in [6.45, 7) is 2.61. The predicted molar refractivity (Wildman–Crippen MR) is 171 cm³/mol. The highest BCUT2D eigenvalue weighted by molar-refractivity contribution is 7.51. The van der Waals surface area contributed by atoms with E-state index in [1.54, 1.807) is 21.8 Å². The molecular weight excluding hydrogens is 662 g/mol. The number of hydrogen-bond acceptors (Lipinski definition) is 14. The third kappa shape index (κ3) is 10.9. The molecule has 2 atom stereocenters. The minimum Gasteiger partial charge on any atom is -0.394 e. The Hall–Kier alpha value is -3.16. The molecule has 0 radical (unpaired) electrons. The maximum Gasteiger partial charge on any atom is 0.350 e. The Kier molecular flexibility index (Phi) is 14.1. The molecule has 0 aliphatic carbocycles. The van der Waals surface area contributed by atoms with E-state index in [0.29, 0.717) is 46.8 Å². The quantitative estimate of drug-likeness (QED) is 0.0638. The van der Waals surface area contributed by atoms with Gasteiger partial charge in [-0.2, -0.15) is 0 Å². The van der Waals surface area contributed by atoms with Crippen LogP contribution in [0.3, 0.4) is 0 Å². The van der Waals surface area contributed by atoms with Crippen LogP contribution in [-0.2, 0) is 18.6 Å². The minimum absolute atomic E-state index is 0.0988. The van der Waals surface area contributed by atoms with E-state index < -0.39 is 27.9 Å². The molecule has 0 bridgehead atoms. The molecular formula is C25H42N10O10P2. The lowest BCUT2D eigenvalue weighted by atomic mass is 10.2. The number of fused-ring (bicyclic) bond motifs is 2. The van der Waals surface area contributed by atoms with Crippen LogP contribution in [0.2, 0.25) is 0 Å². The summed E-state index contributed by atoms with van der Waals surface area (Å²) in [5.74, 6) is 1.37. The number of hydrogen-bond donors (Lipinski definition) is 6. The lowest BCUT2D eigenvalue weighted by Gasteiger charge is -2.18. The average Bonchev–Trinajstić information content (AvgIpc) is 3.65. The molecule has 0 fully saturated rings. The van der Waals surface area contributed by atoms with Crippen molar-refractivity contribution in [3.63, 3.8) is 0 Å². The zero-order chi connectivity index (χ0) is 34.8. The van der Waals surface area contributed by atoms with Crippen molar-refractivity contribution in [1.29, 1.82) is 0 Å². The van der Waals surface area contributed by atoms with Gasteiger partial charge < -0.3 is 58.2 Å². The molecule has 4 rings (SSSR count). The van der Waals surface area contributed by atoms with Crippen LogP contribution in [-0.4, -0.2) is 136 Å². The highest BCUT2D eigenvalue weighted by Gasteiger charge is 2.20. The molecule has 4 aromatic heterocycles. The van der Waals surface area contributed by atoms with Gasteiger partial charge in [0.25, 0.3) is 0 Å². The van der Waals surface area contributed by atoms with Crippen LogP contribution in [0.1, 0.15) is 31.8 Å². The van der Waals surface area contributed by atoms with Crippen molar-refractivity contribution >= 4 is 49.2 Å². The fourth-order valence-electron chi connectivity index (χ4n) is 4.41. The van der Waals surface area contributed by atoms with E-state index in [-0.39, 0.29) is 38.5 Å². The van der Waals surface area contributed by atoms with Crippen molar-refractivity contribution in [3.05, 3.63) is 25.3 Å². The van der Waals surface area contributed by atoms with E-state index in [9.17, 15) is 19.3 Å². The Morgan fingerprint density at radius 1 is 0.723 bits per heavy atom. The molecule has 20 nitrogen and oxygen atoms in total. The van der Waals surface area contributed by atoms with Gasteiger partial charge in [-0.3, -0.25) is 9.13 Å². The number of anilines is 2. The van der Waals surface area contributed by atoms with Gasteiger partial charge in [0.2, 0.25) is 0 Å². The Morgan fingerprint density at radius 2 is 1.15 bits per heavy atom. The summed E-state index contributed by atoms with van der Waals surface area (Å²) in [7, 11) is -2.77. The third-order valence-electron chi connectivity index (χ3n) is 6.86. The SMILES string of the molecule is CCN(C)c1ncnc2c1ncn2C(CO)CCOCP(=O)(O)O.CN(C)c1ncnc2c1ncn2C(CO)CCOCP(=O)(O)O. The molecule has 0 saturated carbocycles. The highest BCUT2D eigenvalue weighted by Crippen LogP contribution is 2.35. The second-order valence-electron chi connectivity index (χ2n) is 10.6. The number of aliphatic hydroxyl groups is 2. The van der Waals surface area contributed by atoms with Gasteiger partial charge in [-0.15, -0.1) is 0 Å². The van der Waals surface area contributed by atoms with Crippen LogP contribution in [0, 0.1) is 0 Å². The zero-order valence-corrected chi connectivity index (χ0v) is 28.3. The molecule has 0 spiro atoms. The van der Waals surface area contributed by atoms with Gasteiger partial charge in [0.05, 0.1) is 38.0 Å². The molecule has 0 aliphatic heterocycles. The lowest BCUT2D eigenvalue weighted by Crippen LogP contribution is -2.18. The molecule has 0 aromatic carbocycles. The molecule has 2 unspecified atom stereocenters. The van der Waals surface area contributed by atoms with Crippen LogP contribution < -0.4 is 9.80 Å². The van der Waals surface area contributed by atoms with E-state index in [2.05, 4.69) is 29.9 Å². The maximum absolute atomic E-state index is 10.8. The van der Waals surface area contributed by atoms with Gasteiger partial charge in [0.15, 0.2) is 34.0 Å². The number of aliphatic hydroxyl groups excluding tert-OH is 2.